The summed E-state index contributed by atoms with van der Waals surface area (Å²) >= 11 is 5.95. The van der Waals surface area contributed by atoms with Crippen molar-refractivity contribution in [3.8, 4) is 0 Å². The molecule has 1 aliphatic rings. The van der Waals surface area contributed by atoms with E-state index in [9.17, 15) is 5.11 Å². The average molecular weight is 330 g/mol. The van der Waals surface area contributed by atoms with Crippen LogP contribution in [0.1, 0.15) is 36.5 Å². The van der Waals surface area contributed by atoms with Gasteiger partial charge in [-0.1, -0.05) is 36.7 Å². The third-order valence-corrected chi connectivity index (χ3v) is 5.30. The largest absolute Gasteiger partial charge is 0.385 e. The van der Waals surface area contributed by atoms with Crippen LogP contribution in [0.5, 0.6) is 0 Å². The van der Waals surface area contributed by atoms with Crippen molar-refractivity contribution in [1.82, 2.24) is 0 Å². The fraction of sp³-hybridized carbons (Fsp3) is 0.400. The molecule has 122 valence electrons. The number of benzene rings is 2. The van der Waals surface area contributed by atoms with E-state index in [0.29, 0.717) is 5.02 Å². The molecule has 1 fully saturated rings. The molecule has 3 rings (SSSR count). The number of hydrogen-bond donors (Lipinski definition) is 1. The Kier molecular flexibility index (Phi) is 4.65. The Morgan fingerprint density at radius 3 is 2.30 bits per heavy atom. The Labute approximate surface area is 143 Å². The zero-order valence-electron chi connectivity index (χ0n) is 13.8. The van der Waals surface area contributed by atoms with Crippen LogP contribution in [0.3, 0.4) is 0 Å². The van der Waals surface area contributed by atoms with Crippen molar-refractivity contribution in [3.05, 3.63) is 64.2 Å². The van der Waals surface area contributed by atoms with Crippen LogP contribution in [-0.4, -0.2) is 18.2 Å². The van der Waals surface area contributed by atoms with Crippen molar-refractivity contribution >= 4 is 17.3 Å². The van der Waals surface area contributed by atoms with E-state index in [2.05, 4.69) is 36.9 Å². The molecular formula is C20H24ClNO. The van der Waals surface area contributed by atoms with E-state index in [1.807, 2.05) is 24.3 Å². The molecule has 0 radical (unpaired) electrons. The summed E-state index contributed by atoms with van der Waals surface area (Å²) in [6.45, 7) is 6.10. The zero-order chi connectivity index (χ0) is 16.4. The second-order valence-electron chi connectivity index (χ2n) is 6.49. The summed E-state index contributed by atoms with van der Waals surface area (Å²) in [5, 5.41) is 11.7. The number of rotatable bonds is 3. The number of aryl methyl sites for hydroxylation is 2. The van der Waals surface area contributed by atoms with Crippen molar-refractivity contribution in [2.45, 2.75) is 38.7 Å². The van der Waals surface area contributed by atoms with Crippen molar-refractivity contribution in [1.29, 1.82) is 0 Å². The lowest BCUT2D eigenvalue weighted by Crippen LogP contribution is -2.42. The zero-order valence-corrected chi connectivity index (χ0v) is 14.6. The first-order valence-corrected chi connectivity index (χ1v) is 8.72. The second-order valence-corrected chi connectivity index (χ2v) is 6.93. The molecule has 0 unspecified atom stereocenters. The van der Waals surface area contributed by atoms with Crippen LogP contribution < -0.4 is 4.90 Å². The molecule has 0 saturated carbocycles. The summed E-state index contributed by atoms with van der Waals surface area (Å²) in [6, 6.07) is 14.3. The summed E-state index contributed by atoms with van der Waals surface area (Å²) in [7, 11) is 0. The normalized spacial score (nSPS) is 17.3. The monoisotopic (exact) mass is 329 g/mol. The van der Waals surface area contributed by atoms with Crippen molar-refractivity contribution in [3.63, 3.8) is 0 Å². The minimum Gasteiger partial charge on any atom is -0.385 e. The highest BCUT2D eigenvalue weighted by atomic mass is 35.5. The molecule has 1 saturated heterocycles. The van der Waals surface area contributed by atoms with Crippen LogP contribution >= 0.6 is 11.6 Å². The van der Waals surface area contributed by atoms with Crippen molar-refractivity contribution in [2.24, 2.45) is 0 Å². The van der Waals surface area contributed by atoms with Gasteiger partial charge in [0.2, 0.25) is 0 Å². The predicted molar refractivity (Wildman–Crippen MR) is 97.4 cm³/mol. The fourth-order valence-corrected chi connectivity index (χ4v) is 3.58. The molecule has 2 aromatic rings. The first kappa shape index (κ1) is 16.4. The van der Waals surface area contributed by atoms with Crippen LogP contribution in [0.25, 0.3) is 0 Å². The number of piperidine rings is 1. The van der Waals surface area contributed by atoms with Gasteiger partial charge >= 0.3 is 0 Å². The van der Waals surface area contributed by atoms with Gasteiger partial charge in [0.25, 0.3) is 0 Å². The van der Waals surface area contributed by atoms with Gasteiger partial charge in [-0.25, -0.2) is 0 Å². The van der Waals surface area contributed by atoms with Gasteiger partial charge in [0.15, 0.2) is 0 Å². The summed E-state index contributed by atoms with van der Waals surface area (Å²) < 4.78 is 0. The summed E-state index contributed by atoms with van der Waals surface area (Å²) in [5.41, 5.74) is 4.25. The minimum absolute atomic E-state index is 0.710. The highest BCUT2D eigenvalue weighted by molar-refractivity contribution is 6.30. The van der Waals surface area contributed by atoms with Crippen LogP contribution in [-0.2, 0) is 12.0 Å². The molecule has 1 aliphatic heterocycles. The van der Waals surface area contributed by atoms with Crippen LogP contribution in [0.4, 0.5) is 5.69 Å². The van der Waals surface area contributed by atoms with E-state index in [1.54, 1.807) is 0 Å². The van der Waals surface area contributed by atoms with Gasteiger partial charge in [0.1, 0.15) is 0 Å². The number of aliphatic hydroxyl groups is 1. The SMILES string of the molecule is CCc1ccc(N2CCC(O)(c3ccc(Cl)cc3)CC2)cc1C. The van der Waals surface area contributed by atoms with Gasteiger partial charge in [-0.3, -0.25) is 0 Å². The van der Waals surface area contributed by atoms with E-state index in [1.165, 1.54) is 16.8 Å². The van der Waals surface area contributed by atoms with E-state index in [0.717, 1.165) is 37.9 Å². The molecule has 0 bridgehead atoms. The highest BCUT2D eigenvalue weighted by Crippen LogP contribution is 2.35. The molecule has 2 nitrogen and oxygen atoms in total. The van der Waals surface area contributed by atoms with Crippen molar-refractivity contribution in [2.75, 3.05) is 18.0 Å². The molecule has 0 amide bonds. The molecule has 0 aromatic heterocycles. The van der Waals surface area contributed by atoms with Crippen LogP contribution in [0.15, 0.2) is 42.5 Å². The van der Waals surface area contributed by atoms with Gasteiger partial charge in [-0.05, 0) is 67.1 Å². The first-order valence-electron chi connectivity index (χ1n) is 8.35. The lowest BCUT2D eigenvalue weighted by atomic mass is 9.84. The number of hydrogen-bond acceptors (Lipinski definition) is 2. The Morgan fingerprint density at radius 2 is 1.74 bits per heavy atom. The maximum absolute atomic E-state index is 11.0. The third kappa shape index (κ3) is 3.39. The Balaban J connectivity index is 1.72. The van der Waals surface area contributed by atoms with E-state index >= 15 is 0 Å². The van der Waals surface area contributed by atoms with E-state index in [-0.39, 0.29) is 0 Å². The number of nitrogens with zero attached hydrogens (tertiary/aromatic N) is 1. The second kappa shape index (κ2) is 6.54. The summed E-state index contributed by atoms with van der Waals surface area (Å²) in [5.74, 6) is 0. The van der Waals surface area contributed by atoms with Crippen LogP contribution in [0, 0.1) is 6.92 Å². The molecule has 2 aromatic carbocycles. The average Bonchev–Trinajstić information content (AvgIpc) is 2.56. The number of halogens is 1. The lowest BCUT2D eigenvalue weighted by molar-refractivity contribution is 0.0118. The molecule has 0 spiro atoms. The molecule has 1 heterocycles. The Morgan fingerprint density at radius 1 is 1.09 bits per heavy atom. The lowest BCUT2D eigenvalue weighted by Gasteiger charge is -2.39. The van der Waals surface area contributed by atoms with Gasteiger partial charge in [-0.2, -0.15) is 0 Å². The third-order valence-electron chi connectivity index (χ3n) is 5.04. The van der Waals surface area contributed by atoms with Gasteiger partial charge < -0.3 is 10.0 Å². The first-order chi connectivity index (χ1) is 11.0. The molecular weight excluding hydrogens is 306 g/mol. The molecule has 23 heavy (non-hydrogen) atoms. The summed E-state index contributed by atoms with van der Waals surface area (Å²) in [6.07, 6.45) is 2.55. The predicted octanol–water partition coefficient (Wildman–Crippen LogP) is 4.70. The fourth-order valence-electron chi connectivity index (χ4n) is 3.46. The van der Waals surface area contributed by atoms with Gasteiger partial charge in [-0.15, -0.1) is 0 Å². The Bertz CT molecular complexity index is 673. The minimum atomic E-state index is -0.737. The summed E-state index contributed by atoms with van der Waals surface area (Å²) in [4.78, 5) is 2.37. The molecule has 0 atom stereocenters. The topological polar surface area (TPSA) is 23.5 Å². The van der Waals surface area contributed by atoms with Gasteiger partial charge in [0, 0.05) is 23.8 Å². The highest BCUT2D eigenvalue weighted by Gasteiger charge is 2.34. The molecule has 0 aliphatic carbocycles. The molecule has 3 heteroatoms. The van der Waals surface area contributed by atoms with Crippen molar-refractivity contribution < 1.29 is 5.11 Å². The number of anilines is 1. The van der Waals surface area contributed by atoms with E-state index in [4.69, 9.17) is 11.6 Å². The molecule has 1 N–H and O–H groups in total. The van der Waals surface area contributed by atoms with Gasteiger partial charge in [0.05, 0.1) is 5.60 Å². The smallest absolute Gasteiger partial charge is 0.0930 e. The maximum atomic E-state index is 11.0. The Hall–Kier alpha value is -1.51. The quantitative estimate of drug-likeness (QED) is 0.882. The maximum Gasteiger partial charge on any atom is 0.0930 e. The van der Waals surface area contributed by atoms with Crippen LogP contribution in [0.2, 0.25) is 5.02 Å². The standard InChI is InChI=1S/C20H24ClNO/c1-3-16-4-9-19(14-15(16)2)22-12-10-20(23,11-13-22)17-5-7-18(21)8-6-17/h4-9,14,23H,3,10-13H2,1-2H3. The van der Waals surface area contributed by atoms with E-state index < -0.39 is 5.60 Å².